The number of nitrogens with one attached hydrogen (secondary N) is 1. The lowest BCUT2D eigenvalue weighted by Crippen LogP contribution is -2.11. The van der Waals surface area contributed by atoms with Crippen molar-refractivity contribution in [1.29, 1.82) is 0 Å². The van der Waals surface area contributed by atoms with Gasteiger partial charge in [-0.05, 0) is 19.3 Å². The number of unbranched alkanes of at least 4 members (excludes halogenated alkanes) is 1. The Hall–Kier alpha value is -0.270. The van der Waals surface area contributed by atoms with E-state index < -0.39 is 0 Å². The first-order valence-corrected chi connectivity index (χ1v) is 10.3. The molecule has 4 nitrogen and oxygen atoms in total. The van der Waals surface area contributed by atoms with Crippen molar-refractivity contribution in [3.8, 4) is 0 Å². The summed E-state index contributed by atoms with van der Waals surface area (Å²) >= 11 is 1.47. The Morgan fingerprint density at radius 2 is 2.25 bits per heavy atom. The van der Waals surface area contributed by atoms with Crippen molar-refractivity contribution in [3.05, 3.63) is 5.01 Å². The van der Waals surface area contributed by atoms with E-state index in [1.54, 1.807) is 0 Å². The number of carbonyl (C=O) groups is 1. The van der Waals surface area contributed by atoms with Gasteiger partial charge in [0.25, 0.3) is 0 Å². The number of hydrogen-bond acceptors (Lipinski definition) is 6. The quantitative estimate of drug-likeness (QED) is 0.596. The molecule has 2 heterocycles. The molecule has 1 aromatic heterocycles. The van der Waals surface area contributed by atoms with E-state index in [-0.39, 0.29) is 5.91 Å². The highest BCUT2D eigenvalue weighted by Gasteiger charge is 2.16. The number of carbonyl (C=O) groups excluding carboxylic acids is 1. The molecule has 1 aliphatic rings. The van der Waals surface area contributed by atoms with Crippen molar-refractivity contribution in [3.63, 3.8) is 0 Å². The van der Waals surface area contributed by atoms with Gasteiger partial charge >= 0.3 is 0 Å². The second kappa shape index (κ2) is 8.24. The molecule has 2 rings (SSSR count). The predicted molar refractivity (Wildman–Crippen MR) is 89.5 cm³/mol. The zero-order chi connectivity index (χ0) is 14.4. The predicted octanol–water partition coefficient (Wildman–Crippen LogP) is 4.31. The second-order valence-corrected chi connectivity index (χ2v) is 9.02. The van der Waals surface area contributed by atoms with Crippen molar-refractivity contribution in [2.75, 3.05) is 11.1 Å². The molecule has 0 aromatic carbocycles. The molecule has 1 fully saturated rings. The molecule has 1 saturated heterocycles. The zero-order valence-electron chi connectivity index (χ0n) is 11.9. The van der Waals surface area contributed by atoms with Crippen LogP contribution in [-0.4, -0.2) is 27.1 Å². The van der Waals surface area contributed by atoms with Gasteiger partial charge in [0.15, 0.2) is 0 Å². The summed E-state index contributed by atoms with van der Waals surface area (Å²) < 4.78 is 0. The maximum Gasteiger partial charge on any atom is 0.226 e. The average Bonchev–Trinajstić information content (AvgIpc) is 3.05. The lowest BCUT2D eigenvalue weighted by Gasteiger charge is -2.06. The summed E-state index contributed by atoms with van der Waals surface area (Å²) in [5, 5.41) is 13.3. The summed E-state index contributed by atoms with van der Waals surface area (Å²) in [5.74, 6) is 1.70. The fourth-order valence-corrected chi connectivity index (χ4v) is 5.71. The highest BCUT2D eigenvalue weighted by atomic mass is 33.1. The molecule has 1 unspecified atom stereocenters. The van der Waals surface area contributed by atoms with E-state index in [9.17, 15) is 4.79 Å². The normalized spacial score (nSPS) is 18.6. The number of aromatic nitrogens is 2. The first-order chi connectivity index (χ1) is 9.65. The van der Waals surface area contributed by atoms with Crippen molar-refractivity contribution >= 4 is 44.0 Å². The van der Waals surface area contributed by atoms with Gasteiger partial charge in [-0.3, -0.25) is 4.79 Å². The maximum absolute atomic E-state index is 11.8. The third-order valence-electron chi connectivity index (χ3n) is 3.09. The fraction of sp³-hybridized carbons (Fsp3) is 0.769. The molecule has 1 atom stereocenters. The lowest BCUT2D eigenvalue weighted by molar-refractivity contribution is -0.116. The first kappa shape index (κ1) is 16.1. The topological polar surface area (TPSA) is 54.9 Å². The molecule has 0 spiro atoms. The monoisotopic (exact) mass is 331 g/mol. The molecular weight excluding hydrogens is 310 g/mol. The van der Waals surface area contributed by atoms with E-state index in [0.717, 1.165) is 23.1 Å². The Balaban J connectivity index is 1.61. The standard InChI is InChI=1S/C13H21N3OS3/c1-9(2)12-15-16-13(19-12)14-11(17)6-4-3-5-10-7-8-18-20-10/h9-10H,3-8H2,1-2H3,(H,14,16,17). The first-order valence-electron chi connectivity index (χ1n) is 7.06. The highest BCUT2D eigenvalue weighted by molar-refractivity contribution is 8.77. The van der Waals surface area contributed by atoms with Gasteiger partial charge < -0.3 is 5.32 Å². The Bertz CT molecular complexity index is 430. The molecule has 1 amide bonds. The molecule has 112 valence electrons. The van der Waals surface area contributed by atoms with Gasteiger partial charge in [0, 0.05) is 23.3 Å². The van der Waals surface area contributed by atoms with E-state index in [4.69, 9.17) is 0 Å². The van der Waals surface area contributed by atoms with Gasteiger partial charge in [0.05, 0.1) is 0 Å². The summed E-state index contributed by atoms with van der Waals surface area (Å²) in [5.41, 5.74) is 0. The number of hydrogen-bond donors (Lipinski definition) is 1. The van der Waals surface area contributed by atoms with Crippen LogP contribution in [-0.2, 0) is 4.79 Å². The SMILES string of the molecule is CC(C)c1nnc(NC(=O)CCCCC2CCSS2)s1. The minimum Gasteiger partial charge on any atom is -0.301 e. The van der Waals surface area contributed by atoms with Crippen LogP contribution in [0.5, 0.6) is 0 Å². The Kier molecular flexibility index (Phi) is 6.64. The number of anilines is 1. The average molecular weight is 332 g/mol. The van der Waals surface area contributed by atoms with Crippen molar-refractivity contribution in [1.82, 2.24) is 10.2 Å². The van der Waals surface area contributed by atoms with E-state index in [2.05, 4.69) is 29.4 Å². The lowest BCUT2D eigenvalue weighted by atomic mass is 10.1. The summed E-state index contributed by atoms with van der Waals surface area (Å²) in [6, 6.07) is 0. The molecule has 0 aliphatic carbocycles. The number of amides is 1. The van der Waals surface area contributed by atoms with E-state index >= 15 is 0 Å². The summed E-state index contributed by atoms with van der Waals surface area (Å²) in [6.07, 6.45) is 5.25. The van der Waals surface area contributed by atoms with Gasteiger partial charge in [0.1, 0.15) is 5.01 Å². The third kappa shape index (κ3) is 5.26. The van der Waals surface area contributed by atoms with Gasteiger partial charge in [-0.15, -0.1) is 10.2 Å². The van der Waals surface area contributed by atoms with Crippen molar-refractivity contribution < 1.29 is 4.79 Å². The second-order valence-electron chi connectivity index (χ2n) is 5.22. The van der Waals surface area contributed by atoms with Crippen molar-refractivity contribution in [2.45, 2.75) is 57.1 Å². The summed E-state index contributed by atoms with van der Waals surface area (Å²) in [4.78, 5) is 11.8. The van der Waals surface area contributed by atoms with Gasteiger partial charge in [-0.2, -0.15) is 0 Å². The van der Waals surface area contributed by atoms with Crippen LogP contribution in [0.15, 0.2) is 0 Å². The molecule has 0 bridgehead atoms. The van der Waals surface area contributed by atoms with Crippen LogP contribution in [0.2, 0.25) is 0 Å². The van der Waals surface area contributed by atoms with Crippen LogP contribution in [0.3, 0.4) is 0 Å². The van der Waals surface area contributed by atoms with Crippen LogP contribution in [0.1, 0.15) is 56.9 Å². The molecule has 1 N–H and O–H groups in total. The molecular formula is C13H21N3OS3. The molecule has 0 radical (unpaired) electrons. The largest absolute Gasteiger partial charge is 0.301 e. The van der Waals surface area contributed by atoms with Gasteiger partial charge in [-0.25, -0.2) is 0 Å². The minimum atomic E-state index is 0.0601. The molecule has 20 heavy (non-hydrogen) atoms. The van der Waals surface area contributed by atoms with Gasteiger partial charge in [-0.1, -0.05) is 53.2 Å². The van der Waals surface area contributed by atoms with Crippen LogP contribution < -0.4 is 5.32 Å². The number of rotatable bonds is 7. The van der Waals surface area contributed by atoms with Crippen LogP contribution in [0.25, 0.3) is 0 Å². The van der Waals surface area contributed by atoms with Crippen LogP contribution >= 0.6 is 32.9 Å². The van der Waals surface area contributed by atoms with Gasteiger partial charge in [0.2, 0.25) is 11.0 Å². The van der Waals surface area contributed by atoms with Crippen LogP contribution in [0.4, 0.5) is 5.13 Å². The summed E-state index contributed by atoms with van der Waals surface area (Å²) in [6.45, 7) is 4.15. The smallest absolute Gasteiger partial charge is 0.226 e. The van der Waals surface area contributed by atoms with E-state index in [1.807, 2.05) is 21.6 Å². The maximum atomic E-state index is 11.8. The van der Waals surface area contributed by atoms with Crippen LogP contribution in [0, 0.1) is 0 Å². The molecule has 1 aliphatic heterocycles. The van der Waals surface area contributed by atoms with E-state index in [0.29, 0.717) is 17.5 Å². The Labute approximate surface area is 132 Å². The fourth-order valence-electron chi connectivity index (χ4n) is 1.92. The molecule has 7 heteroatoms. The van der Waals surface area contributed by atoms with E-state index in [1.165, 1.54) is 29.9 Å². The Morgan fingerprint density at radius 3 is 2.90 bits per heavy atom. The summed E-state index contributed by atoms with van der Waals surface area (Å²) in [7, 11) is 3.99. The third-order valence-corrected chi connectivity index (χ3v) is 7.23. The van der Waals surface area contributed by atoms with Crippen molar-refractivity contribution in [2.24, 2.45) is 0 Å². The number of nitrogens with zero attached hydrogens (tertiary/aromatic N) is 2. The highest BCUT2D eigenvalue weighted by Crippen LogP contribution is 2.39. The Morgan fingerprint density at radius 1 is 1.40 bits per heavy atom. The molecule has 0 saturated carbocycles. The zero-order valence-corrected chi connectivity index (χ0v) is 14.4. The minimum absolute atomic E-state index is 0.0601. The molecule has 1 aromatic rings.